The number of thiazole rings is 1. The van der Waals surface area contributed by atoms with Gasteiger partial charge in [0.15, 0.2) is 0 Å². The summed E-state index contributed by atoms with van der Waals surface area (Å²) in [7, 11) is 0. The second kappa shape index (κ2) is 4.82. The average Bonchev–Trinajstić information content (AvgIpc) is 2.81. The highest BCUT2D eigenvalue weighted by Crippen LogP contribution is 2.36. The quantitative estimate of drug-likeness (QED) is 0.898. The van der Waals surface area contributed by atoms with Crippen LogP contribution in [0.25, 0.3) is 0 Å². The summed E-state index contributed by atoms with van der Waals surface area (Å²) in [6.07, 6.45) is 3.45. The Balaban J connectivity index is 1.88. The van der Waals surface area contributed by atoms with Gasteiger partial charge in [-0.15, -0.1) is 11.3 Å². The van der Waals surface area contributed by atoms with Crippen LogP contribution in [0.2, 0.25) is 0 Å². The van der Waals surface area contributed by atoms with Crippen molar-refractivity contribution in [3.8, 4) is 0 Å². The first-order chi connectivity index (χ1) is 8.78. The highest BCUT2D eigenvalue weighted by atomic mass is 32.1. The normalized spacial score (nSPS) is 18.7. The third kappa shape index (κ3) is 2.08. The van der Waals surface area contributed by atoms with E-state index < -0.39 is 0 Å². The zero-order chi connectivity index (χ0) is 12.5. The van der Waals surface area contributed by atoms with Crippen molar-refractivity contribution in [2.75, 3.05) is 0 Å². The van der Waals surface area contributed by atoms with Gasteiger partial charge < -0.3 is 5.73 Å². The molecule has 0 radical (unpaired) electrons. The monoisotopic (exact) mass is 258 g/mol. The van der Waals surface area contributed by atoms with Crippen molar-refractivity contribution in [1.29, 1.82) is 0 Å². The fourth-order valence-electron chi connectivity index (χ4n) is 2.83. The van der Waals surface area contributed by atoms with Crippen molar-refractivity contribution < 1.29 is 0 Å². The van der Waals surface area contributed by atoms with Gasteiger partial charge in [-0.1, -0.05) is 24.3 Å². The van der Waals surface area contributed by atoms with E-state index in [4.69, 9.17) is 5.73 Å². The van der Waals surface area contributed by atoms with Gasteiger partial charge in [0.05, 0.1) is 5.69 Å². The molecule has 18 heavy (non-hydrogen) atoms. The maximum atomic E-state index is 5.68. The van der Waals surface area contributed by atoms with Gasteiger partial charge >= 0.3 is 0 Å². The van der Waals surface area contributed by atoms with Crippen molar-refractivity contribution in [2.24, 2.45) is 5.73 Å². The van der Waals surface area contributed by atoms with Crippen molar-refractivity contribution in [3.05, 3.63) is 51.0 Å². The van der Waals surface area contributed by atoms with Gasteiger partial charge in [-0.05, 0) is 43.2 Å². The van der Waals surface area contributed by atoms with Crippen molar-refractivity contribution >= 4 is 11.3 Å². The molecular formula is C15H18N2S. The van der Waals surface area contributed by atoms with Crippen LogP contribution in [-0.2, 0) is 19.4 Å². The molecule has 0 saturated heterocycles. The molecule has 1 aromatic heterocycles. The van der Waals surface area contributed by atoms with E-state index in [1.54, 1.807) is 11.3 Å². The first-order valence-electron chi connectivity index (χ1n) is 6.51. The Morgan fingerprint density at radius 1 is 1.39 bits per heavy atom. The Hall–Kier alpha value is -1.19. The summed E-state index contributed by atoms with van der Waals surface area (Å²) in [5.74, 6) is 0.657. The topological polar surface area (TPSA) is 38.9 Å². The Morgan fingerprint density at radius 3 is 3.00 bits per heavy atom. The smallest absolute Gasteiger partial charge is 0.107 e. The summed E-state index contributed by atoms with van der Waals surface area (Å²) in [5.41, 5.74) is 9.89. The number of rotatable bonds is 2. The van der Waals surface area contributed by atoms with Crippen LogP contribution in [0.3, 0.4) is 0 Å². The average molecular weight is 258 g/mol. The minimum atomic E-state index is 0.576. The molecule has 1 unspecified atom stereocenters. The molecule has 1 heterocycles. The highest BCUT2D eigenvalue weighted by molar-refractivity contribution is 7.11. The molecule has 0 fully saturated rings. The largest absolute Gasteiger partial charge is 0.325 e. The van der Waals surface area contributed by atoms with Crippen LogP contribution in [0.4, 0.5) is 0 Å². The fourth-order valence-corrected chi connectivity index (χ4v) is 3.90. The van der Waals surface area contributed by atoms with E-state index in [9.17, 15) is 0 Å². The van der Waals surface area contributed by atoms with Crippen LogP contribution in [-0.4, -0.2) is 4.98 Å². The summed E-state index contributed by atoms with van der Waals surface area (Å²) in [6, 6.07) is 8.75. The molecule has 0 bridgehead atoms. The van der Waals surface area contributed by atoms with Crippen molar-refractivity contribution in [2.45, 2.75) is 38.6 Å². The lowest BCUT2D eigenvalue weighted by molar-refractivity contribution is 0.581. The van der Waals surface area contributed by atoms with Gasteiger partial charge in [-0.3, -0.25) is 0 Å². The molecule has 94 valence electrons. The van der Waals surface area contributed by atoms with E-state index in [0.717, 1.165) is 17.8 Å². The maximum Gasteiger partial charge on any atom is 0.107 e. The third-order valence-corrected chi connectivity index (χ3v) is 4.93. The van der Waals surface area contributed by atoms with Crippen LogP contribution in [0.15, 0.2) is 24.3 Å². The molecular weight excluding hydrogens is 240 g/mol. The first-order valence-corrected chi connectivity index (χ1v) is 7.32. The molecule has 2 aromatic rings. The predicted molar refractivity (Wildman–Crippen MR) is 76.0 cm³/mol. The number of nitrogens with zero attached hydrogens (tertiary/aromatic N) is 1. The lowest BCUT2D eigenvalue weighted by Crippen LogP contribution is -2.12. The lowest BCUT2D eigenvalue weighted by Gasteiger charge is -2.23. The lowest BCUT2D eigenvalue weighted by atomic mass is 9.83. The molecule has 3 rings (SSSR count). The molecule has 1 aliphatic carbocycles. The van der Waals surface area contributed by atoms with Gasteiger partial charge in [-0.25, -0.2) is 4.98 Å². The zero-order valence-electron chi connectivity index (χ0n) is 10.6. The molecule has 0 spiro atoms. The van der Waals surface area contributed by atoms with E-state index in [1.165, 1.54) is 28.1 Å². The van der Waals surface area contributed by atoms with Crippen LogP contribution in [0.5, 0.6) is 0 Å². The number of nitrogens with two attached hydrogens (primary N) is 1. The van der Waals surface area contributed by atoms with Crippen LogP contribution in [0, 0.1) is 6.92 Å². The summed E-state index contributed by atoms with van der Waals surface area (Å²) in [6.45, 7) is 2.79. The second-order valence-electron chi connectivity index (χ2n) is 4.98. The number of fused-ring (bicyclic) bond motifs is 1. The highest BCUT2D eigenvalue weighted by Gasteiger charge is 2.24. The van der Waals surface area contributed by atoms with Crippen molar-refractivity contribution in [3.63, 3.8) is 0 Å². The molecule has 0 saturated carbocycles. The number of hydrogen-bond donors (Lipinski definition) is 1. The number of aromatic nitrogens is 1. The molecule has 1 atom stereocenters. The molecule has 3 heteroatoms. The van der Waals surface area contributed by atoms with Gasteiger partial charge in [0, 0.05) is 11.4 Å². The predicted octanol–water partition coefficient (Wildman–Crippen LogP) is 3.18. The molecule has 2 N–H and O–H groups in total. The maximum absolute atomic E-state index is 5.68. The molecule has 0 aliphatic heterocycles. The minimum absolute atomic E-state index is 0.576. The van der Waals surface area contributed by atoms with Crippen LogP contribution in [0.1, 0.15) is 39.0 Å². The first kappa shape index (κ1) is 11.9. The summed E-state index contributed by atoms with van der Waals surface area (Å²) < 4.78 is 0. The van der Waals surface area contributed by atoms with Crippen LogP contribution < -0.4 is 5.73 Å². The summed E-state index contributed by atoms with van der Waals surface area (Å²) >= 11 is 1.80. The molecule has 2 nitrogen and oxygen atoms in total. The number of benzene rings is 1. The fraction of sp³-hybridized carbons (Fsp3) is 0.400. The zero-order valence-corrected chi connectivity index (χ0v) is 11.5. The number of aryl methyl sites for hydroxylation is 2. The van der Waals surface area contributed by atoms with E-state index in [0.29, 0.717) is 12.5 Å². The Kier molecular flexibility index (Phi) is 3.18. The van der Waals surface area contributed by atoms with Crippen LogP contribution >= 0.6 is 11.3 Å². The Bertz CT molecular complexity index is 559. The van der Waals surface area contributed by atoms with E-state index in [1.807, 2.05) is 0 Å². The molecule has 1 aromatic carbocycles. The Labute approximate surface area is 112 Å². The Morgan fingerprint density at radius 2 is 2.22 bits per heavy atom. The molecule has 0 amide bonds. The second-order valence-corrected chi connectivity index (χ2v) is 6.15. The van der Waals surface area contributed by atoms with E-state index in [-0.39, 0.29) is 0 Å². The van der Waals surface area contributed by atoms with E-state index >= 15 is 0 Å². The van der Waals surface area contributed by atoms with E-state index in [2.05, 4.69) is 36.2 Å². The third-order valence-electron chi connectivity index (χ3n) is 3.79. The summed E-state index contributed by atoms with van der Waals surface area (Å²) in [4.78, 5) is 6.07. The standard InChI is InChI=1S/C15H18N2S/c1-10-4-2-3-5-12(10)11-6-7-13-14(8-11)18-15(9-16)17-13/h2-5,11H,6-9,16H2,1H3. The number of hydrogen-bond acceptors (Lipinski definition) is 3. The van der Waals surface area contributed by atoms with Gasteiger partial charge in [-0.2, -0.15) is 0 Å². The van der Waals surface area contributed by atoms with Gasteiger partial charge in [0.25, 0.3) is 0 Å². The summed E-state index contributed by atoms with van der Waals surface area (Å²) in [5, 5.41) is 1.09. The molecule has 1 aliphatic rings. The minimum Gasteiger partial charge on any atom is -0.325 e. The van der Waals surface area contributed by atoms with Gasteiger partial charge in [0.2, 0.25) is 0 Å². The SMILES string of the molecule is Cc1ccccc1C1CCc2nc(CN)sc2C1. The van der Waals surface area contributed by atoms with Crippen molar-refractivity contribution in [1.82, 2.24) is 4.98 Å². The van der Waals surface area contributed by atoms with Gasteiger partial charge in [0.1, 0.15) is 5.01 Å².